The van der Waals surface area contributed by atoms with Gasteiger partial charge in [0.2, 0.25) is 0 Å². The first-order valence-corrected chi connectivity index (χ1v) is 4.71. The van der Waals surface area contributed by atoms with E-state index < -0.39 is 23.6 Å². The number of rotatable bonds is 2. The van der Waals surface area contributed by atoms with Crippen LogP contribution in [0.5, 0.6) is 0 Å². The summed E-state index contributed by atoms with van der Waals surface area (Å²) in [5.74, 6) is -2.61. The Labute approximate surface area is 98.1 Å². The molecule has 1 heterocycles. The first kappa shape index (κ1) is 12.3. The molecule has 2 rings (SSSR count). The number of aromatic nitrogens is 1. The van der Waals surface area contributed by atoms with Crippen LogP contribution in [0.2, 0.25) is 0 Å². The van der Waals surface area contributed by atoms with Gasteiger partial charge in [0, 0.05) is 5.56 Å². The quantitative estimate of drug-likeness (QED) is 0.613. The van der Waals surface area contributed by atoms with Crippen LogP contribution in [0.15, 0.2) is 28.7 Å². The van der Waals surface area contributed by atoms with Gasteiger partial charge in [-0.2, -0.15) is 13.2 Å². The summed E-state index contributed by atoms with van der Waals surface area (Å²) in [4.78, 5) is 13.8. The highest BCUT2D eigenvalue weighted by atomic mass is 19.4. The molecule has 1 aromatic carbocycles. The molecular formula is C11H5F4NO2. The predicted octanol–water partition coefficient (Wildman–Crippen LogP) is 3.31. The number of halogens is 4. The molecule has 2 aromatic rings. The predicted molar refractivity (Wildman–Crippen MR) is 52.3 cm³/mol. The number of aldehydes is 1. The van der Waals surface area contributed by atoms with E-state index in [4.69, 9.17) is 0 Å². The second-order valence-electron chi connectivity index (χ2n) is 3.35. The van der Waals surface area contributed by atoms with Crippen LogP contribution in [0.3, 0.4) is 0 Å². The van der Waals surface area contributed by atoms with Gasteiger partial charge in [-0.15, -0.1) is 0 Å². The van der Waals surface area contributed by atoms with Crippen molar-refractivity contribution in [1.29, 1.82) is 0 Å². The maximum Gasteiger partial charge on any atom is 0.468 e. The van der Waals surface area contributed by atoms with Gasteiger partial charge in [-0.3, -0.25) is 4.79 Å². The Kier molecular flexibility index (Phi) is 2.90. The second kappa shape index (κ2) is 4.25. The number of carbonyl (C=O) groups excluding carboxylic acids is 1. The maximum atomic E-state index is 12.7. The monoisotopic (exact) mass is 259 g/mol. The second-order valence-corrected chi connectivity index (χ2v) is 3.35. The van der Waals surface area contributed by atoms with E-state index in [9.17, 15) is 22.4 Å². The van der Waals surface area contributed by atoms with Crippen molar-refractivity contribution in [3.8, 4) is 11.3 Å². The van der Waals surface area contributed by atoms with Crippen molar-refractivity contribution in [2.45, 2.75) is 6.18 Å². The first-order valence-electron chi connectivity index (χ1n) is 4.71. The molecule has 0 spiro atoms. The van der Waals surface area contributed by atoms with Crippen molar-refractivity contribution < 1.29 is 26.8 Å². The third kappa shape index (κ3) is 2.24. The van der Waals surface area contributed by atoms with E-state index in [1.54, 1.807) is 0 Å². The van der Waals surface area contributed by atoms with Crippen LogP contribution in [0.1, 0.15) is 16.4 Å². The molecular weight excluding hydrogens is 254 g/mol. The average molecular weight is 259 g/mol. The van der Waals surface area contributed by atoms with Crippen LogP contribution in [0.4, 0.5) is 17.6 Å². The van der Waals surface area contributed by atoms with E-state index in [2.05, 4.69) is 9.40 Å². The molecule has 0 saturated carbocycles. The van der Waals surface area contributed by atoms with Gasteiger partial charge in [0.05, 0.1) is 0 Å². The van der Waals surface area contributed by atoms with E-state index in [0.29, 0.717) is 0 Å². The summed E-state index contributed by atoms with van der Waals surface area (Å²) < 4.78 is 54.1. The number of alkyl halides is 3. The summed E-state index contributed by atoms with van der Waals surface area (Å²) in [5.41, 5.74) is -0.102. The minimum atomic E-state index is -4.78. The zero-order chi connectivity index (χ0) is 13.3. The van der Waals surface area contributed by atoms with Crippen LogP contribution in [0.25, 0.3) is 11.3 Å². The average Bonchev–Trinajstić information content (AvgIpc) is 2.73. The normalized spacial score (nSPS) is 11.6. The fourth-order valence-corrected chi connectivity index (χ4v) is 1.35. The van der Waals surface area contributed by atoms with Crippen LogP contribution >= 0.6 is 0 Å². The Morgan fingerprint density at radius 1 is 1.17 bits per heavy atom. The molecule has 0 N–H and O–H groups in total. The first-order chi connectivity index (χ1) is 8.41. The molecule has 3 nitrogen and oxygen atoms in total. The highest BCUT2D eigenvalue weighted by Gasteiger charge is 2.38. The van der Waals surface area contributed by atoms with Crippen molar-refractivity contribution in [3.63, 3.8) is 0 Å². The summed E-state index contributed by atoms with van der Waals surface area (Å²) >= 11 is 0. The number of benzene rings is 1. The van der Waals surface area contributed by atoms with Gasteiger partial charge in [0.25, 0.3) is 0 Å². The van der Waals surface area contributed by atoms with E-state index in [1.165, 1.54) is 12.1 Å². The van der Waals surface area contributed by atoms with Crippen molar-refractivity contribution in [1.82, 2.24) is 4.98 Å². The Hall–Kier alpha value is -2.18. The van der Waals surface area contributed by atoms with Gasteiger partial charge >= 0.3 is 12.1 Å². The lowest BCUT2D eigenvalue weighted by Crippen LogP contribution is -2.04. The van der Waals surface area contributed by atoms with E-state index in [0.717, 1.165) is 12.1 Å². The Morgan fingerprint density at radius 3 is 2.28 bits per heavy atom. The van der Waals surface area contributed by atoms with Crippen molar-refractivity contribution in [2.24, 2.45) is 0 Å². The lowest BCUT2D eigenvalue weighted by atomic mass is 10.1. The number of hydrogen-bond donors (Lipinski definition) is 0. The molecule has 1 aromatic heterocycles. The third-order valence-electron chi connectivity index (χ3n) is 2.12. The van der Waals surface area contributed by atoms with Crippen LogP contribution in [-0.4, -0.2) is 11.3 Å². The number of nitrogens with zero attached hydrogens (tertiary/aromatic N) is 1. The minimum absolute atomic E-state index is 0.126. The molecule has 0 saturated heterocycles. The number of oxazole rings is 1. The molecule has 0 unspecified atom stereocenters. The Morgan fingerprint density at radius 2 is 1.78 bits per heavy atom. The summed E-state index contributed by atoms with van der Waals surface area (Å²) in [6.07, 6.45) is -4.66. The summed E-state index contributed by atoms with van der Waals surface area (Å²) in [6.45, 7) is 0. The van der Waals surface area contributed by atoms with Crippen molar-refractivity contribution >= 4 is 6.29 Å². The minimum Gasteiger partial charge on any atom is -0.429 e. The molecule has 0 bridgehead atoms. The maximum absolute atomic E-state index is 12.7. The van der Waals surface area contributed by atoms with Crippen LogP contribution in [0, 0.1) is 5.82 Å². The molecule has 0 aliphatic heterocycles. The van der Waals surface area contributed by atoms with Gasteiger partial charge in [0.1, 0.15) is 11.5 Å². The largest absolute Gasteiger partial charge is 0.468 e. The van der Waals surface area contributed by atoms with Gasteiger partial charge < -0.3 is 4.42 Å². The van der Waals surface area contributed by atoms with E-state index >= 15 is 0 Å². The van der Waals surface area contributed by atoms with Gasteiger partial charge in [-0.1, -0.05) is 0 Å². The van der Waals surface area contributed by atoms with E-state index in [-0.39, 0.29) is 17.5 Å². The standard InChI is InChI=1S/C11H5F4NO2/c12-7-3-1-6(2-4-7)9-8(5-17)18-10(16-9)11(13,14)15/h1-5H. The Bertz CT molecular complexity index is 572. The summed E-state index contributed by atoms with van der Waals surface area (Å²) in [7, 11) is 0. The Balaban J connectivity index is 2.53. The van der Waals surface area contributed by atoms with Gasteiger partial charge in [-0.25, -0.2) is 9.37 Å². The molecule has 7 heteroatoms. The molecule has 0 aliphatic carbocycles. The van der Waals surface area contributed by atoms with Crippen molar-refractivity contribution in [3.05, 3.63) is 41.7 Å². The number of carbonyl (C=O) groups is 1. The lowest BCUT2D eigenvalue weighted by molar-refractivity contribution is -0.157. The highest BCUT2D eigenvalue weighted by Crippen LogP contribution is 2.32. The number of hydrogen-bond acceptors (Lipinski definition) is 3. The molecule has 0 fully saturated rings. The fraction of sp³-hybridized carbons (Fsp3) is 0.0909. The smallest absolute Gasteiger partial charge is 0.429 e. The molecule has 0 atom stereocenters. The zero-order valence-corrected chi connectivity index (χ0v) is 8.66. The van der Waals surface area contributed by atoms with Gasteiger partial charge in [-0.05, 0) is 24.3 Å². The molecule has 0 radical (unpaired) electrons. The fourth-order valence-electron chi connectivity index (χ4n) is 1.35. The topological polar surface area (TPSA) is 43.1 Å². The lowest BCUT2D eigenvalue weighted by Gasteiger charge is -1.98. The highest BCUT2D eigenvalue weighted by molar-refractivity contribution is 5.82. The molecule has 0 aliphatic rings. The third-order valence-corrected chi connectivity index (χ3v) is 2.12. The molecule has 0 amide bonds. The van der Waals surface area contributed by atoms with Crippen LogP contribution in [-0.2, 0) is 6.18 Å². The summed E-state index contributed by atoms with van der Waals surface area (Å²) in [5, 5.41) is 0. The molecule has 18 heavy (non-hydrogen) atoms. The molecule has 94 valence electrons. The van der Waals surface area contributed by atoms with E-state index in [1.807, 2.05) is 0 Å². The SMILES string of the molecule is O=Cc1oc(C(F)(F)F)nc1-c1ccc(F)cc1. The van der Waals surface area contributed by atoms with Crippen LogP contribution < -0.4 is 0 Å². The van der Waals surface area contributed by atoms with Gasteiger partial charge in [0.15, 0.2) is 12.0 Å². The van der Waals surface area contributed by atoms with Crippen molar-refractivity contribution in [2.75, 3.05) is 0 Å². The zero-order valence-electron chi connectivity index (χ0n) is 8.66. The summed E-state index contributed by atoms with van der Waals surface area (Å²) in [6, 6.07) is 4.51.